The molecule has 0 aliphatic rings. The fourth-order valence-electron chi connectivity index (χ4n) is 2.19. The van der Waals surface area contributed by atoms with Gasteiger partial charge in [0.05, 0.1) is 5.56 Å². The number of alkyl halides is 3. The summed E-state index contributed by atoms with van der Waals surface area (Å²) in [5.41, 5.74) is -0.617. The van der Waals surface area contributed by atoms with Crippen molar-refractivity contribution in [2.45, 2.75) is 52.8 Å². The van der Waals surface area contributed by atoms with Crippen LogP contribution in [-0.2, 0) is 6.18 Å². The van der Waals surface area contributed by atoms with Gasteiger partial charge in [0.1, 0.15) is 5.82 Å². The molecular formula is C16H23F4N. The Kier molecular flexibility index (Phi) is 5.79. The minimum absolute atomic E-state index is 0.0978. The van der Waals surface area contributed by atoms with Gasteiger partial charge in [-0.25, -0.2) is 4.39 Å². The van der Waals surface area contributed by atoms with E-state index < -0.39 is 17.6 Å². The summed E-state index contributed by atoms with van der Waals surface area (Å²) in [4.78, 5) is 0. The number of nitrogens with one attached hydrogen (secondary N) is 1. The van der Waals surface area contributed by atoms with E-state index in [2.05, 4.69) is 26.1 Å². The first-order chi connectivity index (χ1) is 9.54. The van der Waals surface area contributed by atoms with Crippen LogP contribution < -0.4 is 5.32 Å². The average molecular weight is 305 g/mol. The summed E-state index contributed by atoms with van der Waals surface area (Å²) < 4.78 is 51.7. The zero-order valence-corrected chi connectivity index (χ0v) is 12.9. The maximum absolute atomic E-state index is 13.3. The topological polar surface area (TPSA) is 12.0 Å². The van der Waals surface area contributed by atoms with Gasteiger partial charge < -0.3 is 5.32 Å². The molecule has 0 heterocycles. The average Bonchev–Trinajstić information content (AvgIpc) is 2.33. The maximum atomic E-state index is 13.3. The van der Waals surface area contributed by atoms with Crippen LogP contribution in [0.25, 0.3) is 0 Å². The maximum Gasteiger partial charge on any atom is 0.419 e. The van der Waals surface area contributed by atoms with Gasteiger partial charge >= 0.3 is 6.18 Å². The summed E-state index contributed by atoms with van der Waals surface area (Å²) in [7, 11) is 0. The standard InChI is InChI=1S/C16H23F4N/c1-5-21-14(8-9-15(2,3)4)11-6-7-13(17)12(10-11)16(18,19)20/h6-7,10,14,21H,5,8-9H2,1-4H3. The van der Waals surface area contributed by atoms with E-state index in [1.54, 1.807) is 0 Å². The first kappa shape index (κ1) is 18.0. The summed E-state index contributed by atoms with van der Waals surface area (Å²) in [6.45, 7) is 8.80. The fraction of sp³-hybridized carbons (Fsp3) is 0.625. The highest BCUT2D eigenvalue weighted by Gasteiger charge is 2.34. The van der Waals surface area contributed by atoms with Gasteiger partial charge in [0.2, 0.25) is 0 Å². The van der Waals surface area contributed by atoms with Crippen molar-refractivity contribution < 1.29 is 17.6 Å². The Bertz CT molecular complexity index is 460. The van der Waals surface area contributed by atoms with Crippen LogP contribution in [0, 0.1) is 11.2 Å². The Balaban J connectivity index is 3.03. The zero-order chi connectivity index (χ0) is 16.3. The lowest BCUT2D eigenvalue weighted by Gasteiger charge is -2.24. The van der Waals surface area contributed by atoms with Gasteiger partial charge in [-0.3, -0.25) is 0 Å². The van der Waals surface area contributed by atoms with E-state index in [-0.39, 0.29) is 11.5 Å². The Hall–Kier alpha value is -1.10. The zero-order valence-electron chi connectivity index (χ0n) is 12.9. The van der Waals surface area contributed by atoms with Gasteiger partial charge in [0.25, 0.3) is 0 Å². The van der Waals surface area contributed by atoms with Crippen LogP contribution in [0.5, 0.6) is 0 Å². The van der Waals surface area contributed by atoms with Crippen LogP contribution >= 0.6 is 0 Å². The highest BCUT2D eigenvalue weighted by atomic mass is 19.4. The van der Waals surface area contributed by atoms with Gasteiger partial charge in [-0.15, -0.1) is 0 Å². The van der Waals surface area contributed by atoms with E-state index in [0.29, 0.717) is 18.5 Å². The van der Waals surface area contributed by atoms with Gasteiger partial charge in [0, 0.05) is 6.04 Å². The van der Waals surface area contributed by atoms with E-state index in [1.807, 2.05) is 6.92 Å². The predicted molar refractivity (Wildman–Crippen MR) is 76.5 cm³/mol. The molecule has 120 valence electrons. The first-order valence-corrected chi connectivity index (χ1v) is 7.14. The third-order valence-electron chi connectivity index (χ3n) is 3.33. The smallest absolute Gasteiger partial charge is 0.310 e. The number of hydrogen-bond acceptors (Lipinski definition) is 1. The van der Waals surface area contributed by atoms with Crippen LogP contribution in [0.3, 0.4) is 0 Å². The lowest BCUT2D eigenvalue weighted by Crippen LogP contribution is -2.23. The molecule has 0 bridgehead atoms. The van der Waals surface area contributed by atoms with Crippen molar-refractivity contribution in [3.05, 3.63) is 35.1 Å². The second-order valence-corrected chi connectivity index (χ2v) is 6.45. The number of hydrogen-bond donors (Lipinski definition) is 1. The van der Waals surface area contributed by atoms with E-state index in [1.165, 1.54) is 6.07 Å². The Labute approximate surface area is 123 Å². The van der Waals surface area contributed by atoms with Crippen LogP contribution in [-0.4, -0.2) is 6.54 Å². The van der Waals surface area contributed by atoms with E-state index >= 15 is 0 Å². The van der Waals surface area contributed by atoms with E-state index in [9.17, 15) is 17.6 Å². The minimum Gasteiger partial charge on any atom is -0.310 e. The van der Waals surface area contributed by atoms with Crippen molar-refractivity contribution in [1.29, 1.82) is 0 Å². The van der Waals surface area contributed by atoms with Crippen LogP contribution in [0.1, 0.15) is 57.7 Å². The summed E-state index contributed by atoms with van der Waals surface area (Å²) in [5, 5.41) is 3.18. The van der Waals surface area contributed by atoms with Crippen molar-refractivity contribution >= 4 is 0 Å². The molecule has 0 aromatic heterocycles. The van der Waals surface area contributed by atoms with Crippen LogP contribution in [0.15, 0.2) is 18.2 Å². The molecule has 1 N–H and O–H groups in total. The predicted octanol–water partition coefficient (Wildman–Crippen LogP) is 5.32. The third-order valence-corrected chi connectivity index (χ3v) is 3.33. The molecule has 1 unspecified atom stereocenters. The number of halogens is 4. The summed E-state index contributed by atoms with van der Waals surface area (Å²) in [6, 6.07) is 3.06. The van der Waals surface area contributed by atoms with Crippen molar-refractivity contribution in [3.8, 4) is 0 Å². The molecule has 5 heteroatoms. The molecule has 21 heavy (non-hydrogen) atoms. The number of rotatable bonds is 5. The highest BCUT2D eigenvalue weighted by Crippen LogP contribution is 2.34. The molecule has 0 spiro atoms. The van der Waals surface area contributed by atoms with E-state index in [4.69, 9.17) is 0 Å². The van der Waals surface area contributed by atoms with Gasteiger partial charge in [0.15, 0.2) is 0 Å². The highest BCUT2D eigenvalue weighted by molar-refractivity contribution is 5.29. The van der Waals surface area contributed by atoms with Gasteiger partial charge in [-0.1, -0.05) is 33.8 Å². The molecule has 0 saturated heterocycles. The van der Waals surface area contributed by atoms with Crippen LogP contribution in [0.4, 0.5) is 17.6 Å². The third kappa shape index (κ3) is 5.65. The monoisotopic (exact) mass is 305 g/mol. The molecule has 0 aliphatic carbocycles. The Morgan fingerprint density at radius 2 is 1.76 bits per heavy atom. The largest absolute Gasteiger partial charge is 0.419 e. The normalized spacial score (nSPS) is 14.3. The molecule has 0 fully saturated rings. The number of benzene rings is 1. The lowest BCUT2D eigenvalue weighted by atomic mass is 9.87. The molecule has 0 amide bonds. The molecule has 0 aliphatic heterocycles. The fourth-order valence-corrected chi connectivity index (χ4v) is 2.19. The van der Waals surface area contributed by atoms with Crippen molar-refractivity contribution in [3.63, 3.8) is 0 Å². The SMILES string of the molecule is CCNC(CCC(C)(C)C)c1ccc(F)c(C(F)(F)F)c1. The quantitative estimate of drug-likeness (QED) is 0.726. The van der Waals surface area contributed by atoms with Crippen molar-refractivity contribution in [2.75, 3.05) is 6.54 Å². The van der Waals surface area contributed by atoms with E-state index in [0.717, 1.165) is 18.6 Å². The molecule has 1 atom stereocenters. The van der Waals surface area contributed by atoms with Crippen molar-refractivity contribution in [2.24, 2.45) is 5.41 Å². The van der Waals surface area contributed by atoms with Crippen LogP contribution in [0.2, 0.25) is 0 Å². The molecule has 0 saturated carbocycles. The first-order valence-electron chi connectivity index (χ1n) is 7.14. The second kappa shape index (κ2) is 6.77. The van der Waals surface area contributed by atoms with Gasteiger partial charge in [-0.2, -0.15) is 13.2 Å². The minimum atomic E-state index is -4.67. The van der Waals surface area contributed by atoms with Crippen molar-refractivity contribution in [1.82, 2.24) is 5.32 Å². The molecule has 1 rings (SSSR count). The second-order valence-electron chi connectivity index (χ2n) is 6.45. The van der Waals surface area contributed by atoms with Gasteiger partial charge in [-0.05, 0) is 42.5 Å². The molecule has 1 nitrogen and oxygen atoms in total. The lowest BCUT2D eigenvalue weighted by molar-refractivity contribution is -0.140. The summed E-state index contributed by atoms with van der Waals surface area (Å²) in [6.07, 6.45) is -3.09. The Morgan fingerprint density at radius 3 is 2.24 bits per heavy atom. The molecule has 0 radical (unpaired) electrons. The summed E-state index contributed by atoms with van der Waals surface area (Å²) >= 11 is 0. The molecule has 1 aromatic carbocycles. The molecule has 1 aromatic rings. The molecular weight excluding hydrogens is 282 g/mol. The summed E-state index contributed by atoms with van der Waals surface area (Å²) in [5.74, 6) is -1.22. The Morgan fingerprint density at radius 1 is 1.14 bits per heavy atom.